The summed E-state index contributed by atoms with van der Waals surface area (Å²) in [4.78, 5) is 7.31. The lowest BCUT2D eigenvalue weighted by Gasteiger charge is -1.96. The largest absolute Gasteiger partial charge is 0.397 e. The molecule has 0 unspecified atom stereocenters. The number of hydrogen-bond acceptors (Lipinski definition) is 2. The van der Waals surface area contributed by atoms with Gasteiger partial charge in [-0.25, -0.2) is 4.98 Å². The second-order valence-corrected chi connectivity index (χ2v) is 3.55. The molecule has 0 bridgehead atoms. The van der Waals surface area contributed by atoms with E-state index in [1.54, 1.807) is 6.20 Å². The zero-order valence-electron chi connectivity index (χ0n) is 6.56. The third kappa shape index (κ3) is 0.992. The van der Waals surface area contributed by atoms with Gasteiger partial charge in [-0.05, 0) is 28.9 Å². The lowest BCUT2D eigenvalue weighted by Crippen LogP contribution is -1.85. The van der Waals surface area contributed by atoms with Gasteiger partial charge in [-0.15, -0.1) is 0 Å². The molecule has 2 aromatic rings. The third-order valence-electron chi connectivity index (χ3n) is 1.83. The van der Waals surface area contributed by atoms with Gasteiger partial charge < -0.3 is 10.7 Å². The van der Waals surface area contributed by atoms with E-state index in [9.17, 15) is 0 Å². The molecule has 0 spiro atoms. The van der Waals surface area contributed by atoms with Crippen molar-refractivity contribution in [1.82, 2.24) is 9.97 Å². The number of aromatic nitrogens is 2. The zero-order valence-corrected chi connectivity index (χ0v) is 8.14. The molecular weight excluding hydrogens is 218 g/mol. The van der Waals surface area contributed by atoms with E-state index >= 15 is 0 Å². The highest BCUT2D eigenvalue weighted by Gasteiger charge is 2.04. The number of aromatic amines is 1. The number of aryl methyl sites for hydroxylation is 1. The first-order chi connectivity index (χ1) is 5.68. The maximum atomic E-state index is 5.70. The van der Waals surface area contributed by atoms with E-state index in [1.165, 1.54) is 0 Å². The molecule has 0 aliphatic carbocycles. The summed E-state index contributed by atoms with van der Waals surface area (Å²) < 4.78 is 0.987. The van der Waals surface area contributed by atoms with Crippen LogP contribution in [0.4, 0.5) is 5.69 Å². The lowest BCUT2D eigenvalue weighted by molar-refractivity contribution is 1.20. The Labute approximate surface area is 78.1 Å². The number of nitrogens with zero attached hydrogens (tertiary/aromatic N) is 1. The van der Waals surface area contributed by atoms with Crippen molar-refractivity contribution >= 4 is 32.7 Å². The van der Waals surface area contributed by atoms with Gasteiger partial charge in [0.15, 0.2) is 0 Å². The number of rotatable bonds is 0. The third-order valence-corrected chi connectivity index (χ3v) is 2.63. The quantitative estimate of drug-likeness (QED) is 0.723. The molecule has 0 fully saturated rings. The molecule has 2 rings (SSSR count). The second-order valence-electron chi connectivity index (χ2n) is 2.70. The molecule has 0 aliphatic rings. The Morgan fingerprint density at radius 1 is 1.58 bits per heavy atom. The van der Waals surface area contributed by atoms with Gasteiger partial charge in [-0.1, -0.05) is 0 Å². The second kappa shape index (κ2) is 2.48. The number of pyridine rings is 1. The number of nitrogens with two attached hydrogens (primary N) is 1. The van der Waals surface area contributed by atoms with Crippen molar-refractivity contribution in [2.45, 2.75) is 6.92 Å². The fraction of sp³-hybridized carbons (Fsp3) is 0.125. The molecule has 4 heteroatoms. The van der Waals surface area contributed by atoms with Gasteiger partial charge in [0.1, 0.15) is 5.65 Å². The number of nitrogens with one attached hydrogen (secondary N) is 1. The molecule has 2 aromatic heterocycles. The normalized spacial score (nSPS) is 10.8. The van der Waals surface area contributed by atoms with E-state index in [0.29, 0.717) is 0 Å². The van der Waals surface area contributed by atoms with Crippen LogP contribution in [0.5, 0.6) is 0 Å². The molecule has 12 heavy (non-hydrogen) atoms. The molecular formula is C8H8BrN3. The van der Waals surface area contributed by atoms with Crippen molar-refractivity contribution in [3.05, 3.63) is 22.4 Å². The number of halogens is 1. The summed E-state index contributed by atoms with van der Waals surface area (Å²) in [5.41, 5.74) is 8.24. The minimum Gasteiger partial charge on any atom is -0.397 e. The molecule has 0 saturated heterocycles. The van der Waals surface area contributed by atoms with Gasteiger partial charge in [-0.2, -0.15) is 0 Å². The van der Waals surface area contributed by atoms with Crippen LogP contribution in [0.15, 0.2) is 16.7 Å². The highest BCUT2D eigenvalue weighted by molar-refractivity contribution is 9.10. The number of anilines is 1. The SMILES string of the molecule is Cc1nc2[nH]cc(N)c2cc1Br. The maximum absolute atomic E-state index is 5.70. The van der Waals surface area contributed by atoms with Crippen LogP contribution in [0.2, 0.25) is 0 Å². The van der Waals surface area contributed by atoms with Crippen LogP contribution >= 0.6 is 15.9 Å². The average Bonchev–Trinajstić information content (AvgIpc) is 2.35. The smallest absolute Gasteiger partial charge is 0.139 e. The van der Waals surface area contributed by atoms with Gasteiger partial charge in [0.25, 0.3) is 0 Å². The summed E-state index contributed by atoms with van der Waals surface area (Å²) >= 11 is 3.40. The zero-order chi connectivity index (χ0) is 8.72. The molecule has 0 saturated carbocycles. The molecule has 3 N–H and O–H groups in total. The fourth-order valence-electron chi connectivity index (χ4n) is 1.13. The lowest BCUT2D eigenvalue weighted by atomic mass is 10.3. The number of H-pyrrole nitrogens is 1. The topological polar surface area (TPSA) is 54.7 Å². The van der Waals surface area contributed by atoms with E-state index in [2.05, 4.69) is 25.9 Å². The average molecular weight is 226 g/mol. The van der Waals surface area contributed by atoms with E-state index in [0.717, 1.165) is 26.9 Å². The van der Waals surface area contributed by atoms with E-state index < -0.39 is 0 Å². The summed E-state index contributed by atoms with van der Waals surface area (Å²) in [7, 11) is 0. The van der Waals surface area contributed by atoms with Crippen LogP contribution in [0.3, 0.4) is 0 Å². The molecule has 0 amide bonds. The van der Waals surface area contributed by atoms with Crippen molar-refractivity contribution in [2.24, 2.45) is 0 Å². The summed E-state index contributed by atoms with van der Waals surface area (Å²) in [6.07, 6.45) is 1.75. The molecule has 0 atom stereocenters. The van der Waals surface area contributed by atoms with E-state index in [-0.39, 0.29) is 0 Å². The Morgan fingerprint density at radius 3 is 3.08 bits per heavy atom. The summed E-state index contributed by atoms with van der Waals surface area (Å²) in [6.45, 7) is 1.94. The monoisotopic (exact) mass is 225 g/mol. The van der Waals surface area contributed by atoms with Gasteiger partial charge in [0.05, 0.1) is 11.4 Å². The first-order valence-corrected chi connectivity index (χ1v) is 4.37. The highest BCUT2D eigenvalue weighted by atomic mass is 79.9. The number of nitrogen functional groups attached to an aromatic ring is 1. The van der Waals surface area contributed by atoms with Crippen molar-refractivity contribution < 1.29 is 0 Å². The van der Waals surface area contributed by atoms with Crippen molar-refractivity contribution in [1.29, 1.82) is 0 Å². The molecule has 62 valence electrons. The predicted octanol–water partition coefficient (Wildman–Crippen LogP) is 2.22. The maximum Gasteiger partial charge on any atom is 0.139 e. The van der Waals surface area contributed by atoms with Gasteiger partial charge in [0, 0.05) is 16.1 Å². The minimum absolute atomic E-state index is 0.734. The van der Waals surface area contributed by atoms with Crippen LogP contribution in [0, 0.1) is 6.92 Å². The Hall–Kier alpha value is -1.03. The summed E-state index contributed by atoms with van der Waals surface area (Å²) in [5.74, 6) is 0. The first-order valence-electron chi connectivity index (χ1n) is 3.58. The van der Waals surface area contributed by atoms with Gasteiger partial charge in [-0.3, -0.25) is 0 Å². The summed E-state index contributed by atoms with van der Waals surface area (Å²) in [6, 6.07) is 1.98. The van der Waals surface area contributed by atoms with Crippen LogP contribution in [0.25, 0.3) is 11.0 Å². The van der Waals surface area contributed by atoms with Crippen LogP contribution in [0.1, 0.15) is 5.69 Å². The Kier molecular flexibility index (Phi) is 1.58. The number of fused-ring (bicyclic) bond motifs is 1. The van der Waals surface area contributed by atoms with Gasteiger partial charge >= 0.3 is 0 Å². The van der Waals surface area contributed by atoms with Gasteiger partial charge in [0.2, 0.25) is 0 Å². The molecule has 2 heterocycles. The van der Waals surface area contributed by atoms with E-state index in [1.807, 2.05) is 13.0 Å². The van der Waals surface area contributed by atoms with Crippen LogP contribution in [-0.4, -0.2) is 9.97 Å². The van der Waals surface area contributed by atoms with E-state index in [4.69, 9.17) is 5.73 Å². The van der Waals surface area contributed by atoms with Crippen LogP contribution in [-0.2, 0) is 0 Å². The molecule has 0 aliphatic heterocycles. The minimum atomic E-state index is 0.734. The molecule has 0 radical (unpaired) electrons. The number of hydrogen-bond donors (Lipinski definition) is 2. The van der Waals surface area contributed by atoms with Crippen LogP contribution < -0.4 is 5.73 Å². The van der Waals surface area contributed by atoms with Crippen molar-refractivity contribution in [2.75, 3.05) is 5.73 Å². The standard InChI is InChI=1S/C8H8BrN3/c1-4-6(9)2-5-7(10)3-11-8(5)12-4/h2-3H,10H2,1H3,(H,11,12). The summed E-state index contributed by atoms with van der Waals surface area (Å²) in [5, 5.41) is 0.965. The molecule has 0 aromatic carbocycles. The Balaban J connectivity index is 2.87. The predicted molar refractivity (Wildman–Crippen MR) is 52.9 cm³/mol. The van der Waals surface area contributed by atoms with Crippen molar-refractivity contribution in [3.8, 4) is 0 Å². The van der Waals surface area contributed by atoms with Crippen molar-refractivity contribution in [3.63, 3.8) is 0 Å². The Bertz CT molecular complexity index is 433. The highest BCUT2D eigenvalue weighted by Crippen LogP contribution is 2.24. The Morgan fingerprint density at radius 2 is 2.33 bits per heavy atom. The fourth-order valence-corrected chi connectivity index (χ4v) is 1.45. The first kappa shape index (κ1) is 7.61. The molecule has 3 nitrogen and oxygen atoms in total.